The summed E-state index contributed by atoms with van der Waals surface area (Å²) >= 11 is 1.67. The molecule has 0 bridgehead atoms. The third kappa shape index (κ3) is 2.24. The Balaban J connectivity index is 2.01. The second kappa shape index (κ2) is 4.94. The molecule has 0 aromatic carbocycles. The largest absolute Gasteiger partial charge is 0.321 e. The molecule has 6 heteroatoms. The van der Waals surface area contributed by atoms with Crippen molar-refractivity contribution in [2.45, 2.75) is 13.3 Å². The molecule has 3 heterocycles. The summed E-state index contributed by atoms with van der Waals surface area (Å²) in [6.07, 6.45) is 11.5. The van der Waals surface area contributed by atoms with E-state index in [1.54, 1.807) is 22.2 Å². The lowest BCUT2D eigenvalue weighted by molar-refractivity contribution is 0.768. The number of rotatable bonds is 3. The van der Waals surface area contributed by atoms with Crippen LogP contribution in [-0.4, -0.2) is 19.7 Å². The van der Waals surface area contributed by atoms with Gasteiger partial charge in [0.2, 0.25) is 5.95 Å². The van der Waals surface area contributed by atoms with Crippen LogP contribution in [0.4, 0.5) is 11.6 Å². The van der Waals surface area contributed by atoms with Crippen molar-refractivity contribution in [3.05, 3.63) is 29.0 Å². The fraction of sp³-hybridized carbons (Fsp3) is 0.214. The highest BCUT2D eigenvalue weighted by molar-refractivity contribution is 7.19. The van der Waals surface area contributed by atoms with Crippen molar-refractivity contribution >= 4 is 33.2 Å². The summed E-state index contributed by atoms with van der Waals surface area (Å²) in [5, 5.41) is 7.24. The topological polar surface area (TPSA) is 55.6 Å². The van der Waals surface area contributed by atoms with Crippen LogP contribution in [0.3, 0.4) is 0 Å². The molecule has 0 spiro atoms. The molecule has 20 heavy (non-hydrogen) atoms. The van der Waals surface area contributed by atoms with Crippen LogP contribution in [0, 0.1) is 19.3 Å². The number of terminal acetylenes is 1. The summed E-state index contributed by atoms with van der Waals surface area (Å²) in [6.45, 7) is 2.06. The van der Waals surface area contributed by atoms with Crippen LogP contribution < -0.4 is 5.32 Å². The Morgan fingerprint density at radius 3 is 3.00 bits per heavy atom. The highest BCUT2D eigenvalue weighted by Gasteiger charge is 2.11. The van der Waals surface area contributed by atoms with Crippen LogP contribution in [0.1, 0.15) is 10.4 Å². The molecular weight excluding hydrogens is 270 g/mol. The van der Waals surface area contributed by atoms with Gasteiger partial charge in [-0.2, -0.15) is 5.10 Å². The molecule has 0 radical (unpaired) electrons. The van der Waals surface area contributed by atoms with Crippen LogP contribution >= 0.6 is 11.3 Å². The zero-order chi connectivity index (χ0) is 14.1. The molecule has 0 amide bonds. The number of aryl methyl sites for hydroxylation is 2. The molecule has 5 nitrogen and oxygen atoms in total. The molecule has 0 fully saturated rings. The number of nitrogens with zero attached hydrogens (tertiary/aromatic N) is 4. The van der Waals surface area contributed by atoms with E-state index >= 15 is 0 Å². The molecule has 3 rings (SSSR count). The van der Waals surface area contributed by atoms with Crippen molar-refractivity contribution in [2.24, 2.45) is 7.05 Å². The Labute approximate surface area is 120 Å². The van der Waals surface area contributed by atoms with Crippen molar-refractivity contribution in [2.75, 3.05) is 5.32 Å². The summed E-state index contributed by atoms with van der Waals surface area (Å²) in [4.78, 5) is 10.1. The second-order valence-corrected chi connectivity index (χ2v) is 5.71. The Kier molecular flexibility index (Phi) is 3.12. The molecule has 0 aliphatic heterocycles. The van der Waals surface area contributed by atoms with E-state index in [0.717, 1.165) is 21.5 Å². The second-order valence-electron chi connectivity index (χ2n) is 4.45. The predicted molar refractivity (Wildman–Crippen MR) is 81.2 cm³/mol. The lowest BCUT2D eigenvalue weighted by Gasteiger charge is -2.02. The third-order valence-corrected chi connectivity index (χ3v) is 4.04. The average Bonchev–Trinajstić information content (AvgIpc) is 2.95. The number of fused-ring (bicyclic) bond motifs is 1. The van der Waals surface area contributed by atoms with Gasteiger partial charge < -0.3 is 5.32 Å². The van der Waals surface area contributed by atoms with E-state index in [1.807, 2.05) is 19.4 Å². The van der Waals surface area contributed by atoms with Crippen molar-refractivity contribution in [1.29, 1.82) is 0 Å². The highest BCUT2D eigenvalue weighted by Crippen LogP contribution is 2.30. The Hall–Kier alpha value is -2.39. The van der Waals surface area contributed by atoms with Crippen LogP contribution in [0.25, 0.3) is 10.2 Å². The van der Waals surface area contributed by atoms with Gasteiger partial charge in [-0.05, 0) is 6.92 Å². The van der Waals surface area contributed by atoms with E-state index in [-0.39, 0.29) is 0 Å². The summed E-state index contributed by atoms with van der Waals surface area (Å²) in [6, 6.07) is 0. The standard InChI is InChI=1S/C14H13N5S/c1-4-5-11-9(2)20-12-7-15-14(18-13(11)12)17-10-6-16-19(3)8-10/h1,6-8H,5H2,2-3H3,(H,15,17,18). The van der Waals surface area contributed by atoms with Gasteiger partial charge in [-0.15, -0.1) is 23.7 Å². The first-order valence-electron chi connectivity index (χ1n) is 6.11. The van der Waals surface area contributed by atoms with E-state index < -0.39 is 0 Å². The van der Waals surface area contributed by atoms with E-state index in [0.29, 0.717) is 12.4 Å². The highest BCUT2D eigenvalue weighted by atomic mass is 32.1. The van der Waals surface area contributed by atoms with E-state index in [9.17, 15) is 0 Å². The minimum Gasteiger partial charge on any atom is -0.321 e. The lowest BCUT2D eigenvalue weighted by atomic mass is 10.2. The average molecular weight is 283 g/mol. The molecule has 3 aromatic rings. The van der Waals surface area contributed by atoms with E-state index in [2.05, 4.69) is 33.2 Å². The van der Waals surface area contributed by atoms with Gasteiger partial charge in [0, 0.05) is 30.1 Å². The fourth-order valence-corrected chi connectivity index (χ4v) is 3.03. The Bertz CT molecular complexity index is 809. The molecule has 3 aromatic heterocycles. The van der Waals surface area contributed by atoms with Crippen molar-refractivity contribution < 1.29 is 0 Å². The molecule has 0 saturated heterocycles. The van der Waals surface area contributed by atoms with Gasteiger partial charge in [0.1, 0.15) is 0 Å². The number of anilines is 2. The normalized spacial score (nSPS) is 10.7. The van der Waals surface area contributed by atoms with Gasteiger partial charge in [0.15, 0.2) is 0 Å². The van der Waals surface area contributed by atoms with Gasteiger partial charge in [-0.3, -0.25) is 4.68 Å². The minimum atomic E-state index is 0.557. The molecule has 0 saturated carbocycles. The van der Waals surface area contributed by atoms with Crippen LogP contribution in [0.5, 0.6) is 0 Å². The lowest BCUT2D eigenvalue weighted by Crippen LogP contribution is -1.96. The number of nitrogens with one attached hydrogen (secondary N) is 1. The van der Waals surface area contributed by atoms with Gasteiger partial charge in [0.05, 0.1) is 28.3 Å². The first-order chi connectivity index (χ1) is 9.67. The maximum Gasteiger partial charge on any atom is 0.227 e. The molecule has 0 aliphatic rings. The molecular formula is C14H13N5S. The van der Waals surface area contributed by atoms with E-state index in [1.165, 1.54) is 4.88 Å². The number of hydrogen-bond acceptors (Lipinski definition) is 5. The molecule has 0 atom stereocenters. The Morgan fingerprint density at radius 2 is 2.30 bits per heavy atom. The van der Waals surface area contributed by atoms with Crippen LogP contribution in [0.2, 0.25) is 0 Å². The maximum atomic E-state index is 5.43. The summed E-state index contributed by atoms with van der Waals surface area (Å²) in [5.74, 6) is 3.25. The van der Waals surface area contributed by atoms with Gasteiger partial charge in [-0.1, -0.05) is 0 Å². The first kappa shape index (κ1) is 12.6. The first-order valence-corrected chi connectivity index (χ1v) is 6.93. The number of thiophene rings is 1. The maximum absolute atomic E-state index is 5.43. The molecule has 0 unspecified atom stereocenters. The van der Waals surface area contributed by atoms with Crippen LogP contribution in [-0.2, 0) is 13.5 Å². The third-order valence-electron chi connectivity index (χ3n) is 2.97. The SMILES string of the molecule is C#CCc1c(C)sc2cnc(Nc3cnn(C)c3)nc12. The molecule has 100 valence electrons. The van der Waals surface area contributed by atoms with Gasteiger partial charge in [0.25, 0.3) is 0 Å². The molecule has 0 aliphatic carbocycles. The number of hydrogen-bond donors (Lipinski definition) is 1. The smallest absolute Gasteiger partial charge is 0.227 e. The number of aromatic nitrogens is 4. The van der Waals surface area contributed by atoms with Crippen LogP contribution in [0.15, 0.2) is 18.6 Å². The zero-order valence-electron chi connectivity index (χ0n) is 11.2. The van der Waals surface area contributed by atoms with Crippen molar-refractivity contribution in [3.8, 4) is 12.3 Å². The monoisotopic (exact) mass is 283 g/mol. The summed E-state index contributed by atoms with van der Waals surface area (Å²) in [5.41, 5.74) is 2.91. The van der Waals surface area contributed by atoms with Gasteiger partial charge >= 0.3 is 0 Å². The molecule has 1 N–H and O–H groups in total. The minimum absolute atomic E-state index is 0.557. The fourth-order valence-electron chi connectivity index (χ4n) is 2.04. The van der Waals surface area contributed by atoms with Gasteiger partial charge in [-0.25, -0.2) is 9.97 Å². The van der Waals surface area contributed by atoms with E-state index in [4.69, 9.17) is 6.42 Å². The Morgan fingerprint density at radius 1 is 1.45 bits per heavy atom. The predicted octanol–water partition coefficient (Wildman–Crippen LogP) is 2.65. The summed E-state index contributed by atoms with van der Waals surface area (Å²) < 4.78 is 2.78. The summed E-state index contributed by atoms with van der Waals surface area (Å²) in [7, 11) is 1.86. The zero-order valence-corrected chi connectivity index (χ0v) is 12.0. The quantitative estimate of drug-likeness (QED) is 0.751. The van der Waals surface area contributed by atoms with Crippen molar-refractivity contribution in [1.82, 2.24) is 19.7 Å². The van der Waals surface area contributed by atoms with Crippen molar-refractivity contribution in [3.63, 3.8) is 0 Å².